The molecule has 0 aliphatic rings. The molecule has 0 aliphatic heterocycles. The standard InChI is InChI=1S/C3H6O4.Mg.2H/c1-5-3(4)7-6-2;;;/h1-2H3;;;/q;+2;2*-1. The van der Waals surface area contributed by atoms with Crippen LogP contribution < -0.4 is 0 Å². The van der Waals surface area contributed by atoms with Crippen LogP contribution in [0.3, 0.4) is 0 Å². The number of carbonyl (C=O) groups excluding carboxylic acids is 1. The van der Waals surface area contributed by atoms with Gasteiger partial charge in [-0.2, -0.15) is 4.89 Å². The molecule has 0 N–H and O–H groups in total. The minimum Gasteiger partial charge on any atom is -1.00 e. The molecule has 0 heterocycles. The van der Waals surface area contributed by atoms with Crippen molar-refractivity contribution in [2.45, 2.75) is 0 Å². The summed E-state index contributed by atoms with van der Waals surface area (Å²) in [5.74, 6) is 0. The predicted octanol–water partition coefficient (Wildman–Crippen LogP) is 0.175. The van der Waals surface area contributed by atoms with E-state index in [4.69, 9.17) is 0 Å². The van der Waals surface area contributed by atoms with Crippen LogP contribution in [0.2, 0.25) is 0 Å². The number of hydrogen-bond donors (Lipinski definition) is 0. The number of ether oxygens (including phenoxy) is 1. The Balaban J connectivity index is -0.0000000600. The SMILES string of the molecule is COOC(=O)OC.[H-].[H-].[Mg+2]. The van der Waals surface area contributed by atoms with Gasteiger partial charge in [-0.25, -0.2) is 4.79 Å². The largest absolute Gasteiger partial charge is 2.00 e. The monoisotopic (exact) mass is 132 g/mol. The van der Waals surface area contributed by atoms with Crippen molar-refractivity contribution in [3.8, 4) is 0 Å². The molecule has 0 aromatic heterocycles. The Labute approximate surface area is 66.1 Å². The smallest absolute Gasteiger partial charge is 1.00 e. The van der Waals surface area contributed by atoms with E-state index in [2.05, 4.69) is 14.5 Å². The molecular formula is C3H8MgO4. The Bertz CT molecular complexity index is 71.5. The summed E-state index contributed by atoms with van der Waals surface area (Å²) in [6, 6.07) is 0. The van der Waals surface area contributed by atoms with Crippen LogP contribution in [-0.2, 0) is 14.5 Å². The van der Waals surface area contributed by atoms with Gasteiger partial charge in [0.05, 0.1) is 14.2 Å². The minimum atomic E-state index is -0.845. The van der Waals surface area contributed by atoms with Gasteiger partial charge in [0, 0.05) is 0 Å². The number of methoxy groups -OCH3 is 1. The molecule has 0 unspecified atom stereocenters. The summed E-state index contributed by atoms with van der Waals surface area (Å²) in [6.07, 6.45) is -0.845. The van der Waals surface area contributed by atoms with Crippen LogP contribution in [-0.4, -0.2) is 43.4 Å². The Morgan fingerprint density at radius 2 is 2.00 bits per heavy atom. The van der Waals surface area contributed by atoms with Gasteiger partial charge >= 0.3 is 29.2 Å². The summed E-state index contributed by atoms with van der Waals surface area (Å²) in [7, 11) is 2.41. The zero-order chi connectivity index (χ0) is 5.70. The molecule has 4 nitrogen and oxygen atoms in total. The van der Waals surface area contributed by atoms with Crippen molar-refractivity contribution < 1.29 is 22.2 Å². The molecule has 0 saturated carbocycles. The minimum absolute atomic E-state index is 0. The molecule has 46 valence electrons. The molecule has 0 spiro atoms. The zero-order valence-electron chi connectivity index (χ0n) is 6.84. The van der Waals surface area contributed by atoms with Crippen LogP contribution in [0.5, 0.6) is 0 Å². The maximum absolute atomic E-state index is 9.84. The first-order valence-corrected chi connectivity index (χ1v) is 1.60. The maximum Gasteiger partial charge on any atom is 2.00 e. The molecular weight excluding hydrogens is 124 g/mol. The zero-order valence-corrected chi connectivity index (χ0v) is 6.25. The molecule has 0 aromatic rings. The van der Waals surface area contributed by atoms with Gasteiger partial charge < -0.3 is 7.59 Å². The number of hydrogen-bond acceptors (Lipinski definition) is 4. The van der Waals surface area contributed by atoms with Gasteiger partial charge in [-0.3, -0.25) is 4.89 Å². The molecule has 0 aromatic carbocycles. The van der Waals surface area contributed by atoms with E-state index in [1.807, 2.05) is 0 Å². The normalized spacial score (nSPS) is 6.75. The molecule has 0 fully saturated rings. The van der Waals surface area contributed by atoms with Crippen LogP contribution in [0.15, 0.2) is 0 Å². The van der Waals surface area contributed by atoms with Crippen molar-refractivity contribution in [2.75, 3.05) is 14.2 Å². The second-order valence-corrected chi connectivity index (χ2v) is 0.704. The molecule has 0 atom stereocenters. The van der Waals surface area contributed by atoms with E-state index in [0.29, 0.717) is 0 Å². The fraction of sp³-hybridized carbons (Fsp3) is 0.667. The Kier molecular flexibility index (Phi) is 9.52. The first-order chi connectivity index (χ1) is 3.31. The number of rotatable bonds is 1. The molecule has 5 heteroatoms. The van der Waals surface area contributed by atoms with E-state index in [0.717, 1.165) is 0 Å². The summed E-state index contributed by atoms with van der Waals surface area (Å²) < 4.78 is 4.00. The van der Waals surface area contributed by atoms with E-state index >= 15 is 0 Å². The van der Waals surface area contributed by atoms with Gasteiger partial charge in [0.25, 0.3) is 0 Å². The average Bonchev–Trinajstić information content (AvgIpc) is 1.68. The first kappa shape index (κ1) is 10.9. The first-order valence-electron chi connectivity index (χ1n) is 1.60. The quantitative estimate of drug-likeness (QED) is 0.221. The Morgan fingerprint density at radius 3 is 2.12 bits per heavy atom. The summed E-state index contributed by atoms with van der Waals surface area (Å²) in [6.45, 7) is 0. The van der Waals surface area contributed by atoms with E-state index < -0.39 is 6.16 Å². The van der Waals surface area contributed by atoms with Crippen LogP contribution in [0.4, 0.5) is 4.79 Å². The van der Waals surface area contributed by atoms with Gasteiger partial charge in [-0.15, -0.1) is 0 Å². The molecule has 0 saturated heterocycles. The van der Waals surface area contributed by atoms with E-state index in [1.165, 1.54) is 14.2 Å². The van der Waals surface area contributed by atoms with Crippen molar-refractivity contribution in [3.63, 3.8) is 0 Å². The van der Waals surface area contributed by atoms with E-state index in [-0.39, 0.29) is 25.9 Å². The third kappa shape index (κ3) is 6.00. The summed E-state index contributed by atoms with van der Waals surface area (Å²) in [4.78, 5) is 17.6. The molecule has 0 aliphatic carbocycles. The fourth-order valence-corrected chi connectivity index (χ4v) is 0.102. The van der Waals surface area contributed by atoms with Crippen LogP contribution in [0.25, 0.3) is 0 Å². The fourth-order valence-electron chi connectivity index (χ4n) is 0.102. The van der Waals surface area contributed by atoms with E-state index in [9.17, 15) is 4.79 Å². The summed E-state index contributed by atoms with van der Waals surface area (Å²) in [5.41, 5.74) is 0. The van der Waals surface area contributed by atoms with Gasteiger partial charge in [0.15, 0.2) is 0 Å². The summed E-state index contributed by atoms with van der Waals surface area (Å²) in [5, 5.41) is 0. The van der Waals surface area contributed by atoms with Crippen molar-refractivity contribution in [1.82, 2.24) is 0 Å². The third-order valence-electron chi connectivity index (χ3n) is 0.318. The van der Waals surface area contributed by atoms with Crippen molar-refractivity contribution in [3.05, 3.63) is 0 Å². The van der Waals surface area contributed by atoms with Crippen molar-refractivity contribution in [1.29, 1.82) is 0 Å². The van der Waals surface area contributed by atoms with Crippen LogP contribution in [0.1, 0.15) is 2.85 Å². The molecule has 0 bridgehead atoms. The van der Waals surface area contributed by atoms with Crippen molar-refractivity contribution in [2.24, 2.45) is 0 Å². The van der Waals surface area contributed by atoms with E-state index in [1.54, 1.807) is 0 Å². The van der Waals surface area contributed by atoms with Gasteiger partial charge in [0.2, 0.25) is 0 Å². The van der Waals surface area contributed by atoms with Crippen LogP contribution in [0, 0.1) is 0 Å². The average molecular weight is 132 g/mol. The second kappa shape index (κ2) is 7.00. The van der Waals surface area contributed by atoms with Crippen molar-refractivity contribution >= 4 is 29.2 Å². The topological polar surface area (TPSA) is 44.8 Å². The predicted molar refractivity (Wildman–Crippen MR) is 28.5 cm³/mol. The van der Waals surface area contributed by atoms with Gasteiger partial charge in [0.1, 0.15) is 0 Å². The molecule has 0 radical (unpaired) electrons. The van der Waals surface area contributed by atoms with Gasteiger partial charge in [-0.05, 0) is 0 Å². The van der Waals surface area contributed by atoms with Crippen LogP contribution >= 0.6 is 0 Å². The molecule has 8 heavy (non-hydrogen) atoms. The summed E-state index contributed by atoms with van der Waals surface area (Å²) >= 11 is 0. The Morgan fingerprint density at radius 1 is 1.50 bits per heavy atom. The molecule has 0 amide bonds. The Hall–Kier alpha value is -0.00377. The second-order valence-electron chi connectivity index (χ2n) is 0.704. The number of carbonyl (C=O) groups is 1. The van der Waals surface area contributed by atoms with Gasteiger partial charge in [-0.1, -0.05) is 0 Å². The molecule has 0 rings (SSSR count). The third-order valence-corrected chi connectivity index (χ3v) is 0.318. The maximum atomic E-state index is 9.84.